The van der Waals surface area contributed by atoms with Gasteiger partial charge in [-0.15, -0.1) is 24.8 Å². The number of aromatic nitrogens is 1. The lowest BCUT2D eigenvalue weighted by atomic mass is 9.97. The summed E-state index contributed by atoms with van der Waals surface area (Å²) in [6, 6.07) is 10.3. The van der Waals surface area contributed by atoms with E-state index in [-0.39, 0.29) is 42.2 Å². The Bertz CT molecular complexity index is 765. The van der Waals surface area contributed by atoms with Crippen molar-refractivity contribution < 1.29 is 9.59 Å². The third kappa shape index (κ3) is 5.66. The number of carbonyl (C=O) groups is 2. The molecule has 1 heterocycles. The maximum Gasteiger partial charge on any atom is 0.257 e. The second-order valence-corrected chi connectivity index (χ2v) is 6.42. The third-order valence-corrected chi connectivity index (χ3v) is 4.64. The molecule has 1 aromatic heterocycles. The molecule has 2 amide bonds. The number of hydrogen-bond donors (Lipinski definition) is 3. The first-order valence-corrected chi connectivity index (χ1v) is 8.46. The van der Waals surface area contributed by atoms with Crippen molar-refractivity contribution in [3.63, 3.8) is 0 Å². The minimum absolute atomic E-state index is 0. The predicted octanol–water partition coefficient (Wildman–Crippen LogP) is 3.18. The van der Waals surface area contributed by atoms with Gasteiger partial charge in [0.2, 0.25) is 0 Å². The molecule has 1 aromatic carbocycles. The van der Waals surface area contributed by atoms with Crippen molar-refractivity contribution >= 4 is 42.3 Å². The van der Waals surface area contributed by atoms with Crippen molar-refractivity contribution in [1.82, 2.24) is 10.3 Å². The van der Waals surface area contributed by atoms with E-state index in [1.165, 1.54) is 6.20 Å². The number of pyridine rings is 1. The second-order valence-electron chi connectivity index (χ2n) is 6.42. The highest BCUT2D eigenvalue weighted by Gasteiger charge is 2.34. The number of nitrogens with two attached hydrogens (primary N) is 1. The molecule has 1 saturated carbocycles. The summed E-state index contributed by atoms with van der Waals surface area (Å²) >= 11 is 0. The summed E-state index contributed by atoms with van der Waals surface area (Å²) < 4.78 is 0. The van der Waals surface area contributed by atoms with Gasteiger partial charge >= 0.3 is 0 Å². The highest BCUT2D eigenvalue weighted by molar-refractivity contribution is 6.05. The maximum absolute atomic E-state index is 12.6. The summed E-state index contributed by atoms with van der Waals surface area (Å²) in [6.45, 7) is 0.441. The summed E-state index contributed by atoms with van der Waals surface area (Å²) in [5.74, 6) is -0.426. The average molecular weight is 411 g/mol. The van der Waals surface area contributed by atoms with Gasteiger partial charge in [0, 0.05) is 30.2 Å². The zero-order chi connectivity index (χ0) is 17.7. The molecule has 0 radical (unpaired) electrons. The van der Waals surface area contributed by atoms with Crippen LogP contribution in [0.2, 0.25) is 0 Å². The number of nitrogens with one attached hydrogen (secondary N) is 2. The number of amides is 2. The number of carbonyl (C=O) groups excluding carboxylic acids is 2. The van der Waals surface area contributed by atoms with Gasteiger partial charge in [-0.1, -0.05) is 18.9 Å². The number of halogens is 2. The number of anilines is 1. The van der Waals surface area contributed by atoms with Gasteiger partial charge in [0.05, 0.1) is 11.1 Å². The predicted molar refractivity (Wildman–Crippen MR) is 111 cm³/mol. The van der Waals surface area contributed by atoms with Crippen LogP contribution < -0.4 is 16.4 Å². The zero-order valence-electron chi connectivity index (χ0n) is 14.8. The Morgan fingerprint density at radius 3 is 2.37 bits per heavy atom. The molecule has 0 aliphatic heterocycles. The molecule has 6 nitrogen and oxygen atoms in total. The Morgan fingerprint density at radius 2 is 1.74 bits per heavy atom. The largest absolute Gasteiger partial charge is 0.345 e. The van der Waals surface area contributed by atoms with Crippen LogP contribution in [0.3, 0.4) is 0 Å². The van der Waals surface area contributed by atoms with Crippen LogP contribution in [0.5, 0.6) is 0 Å². The van der Waals surface area contributed by atoms with E-state index in [1.807, 2.05) is 0 Å². The highest BCUT2D eigenvalue weighted by atomic mass is 35.5. The molecule has 8 heteroatoms. The van der Waals surface area contributed by atoms with E-state index in [9.17, 15) is 9.59 Å². The van der Waals surface area contributed by atoms with Crippen LogP contribution in [0.4, 0.5) is 5.69 Å². The molecule has 0 atom stereocenters. The molecule has 0 unspecified atom stereocenters. The lowest BCUT2D eigenvalue weighted by Crippen LogP contribution is -2.51. The summed E-state index contributed by atoms with van der Waals surface area (Å²) in [4.78, 5) is 28.7. The van der Waals surface area contributed by atoms with Crippen LogP contribution in [0, 0.1) is 0 Å². The van der Waals surface area contributed by atoms with Crippen LogP contribution in [0.25, 0.3) is 0 Å². The Hall–Kier alpha value is -2.15. The molecule has 1 fully saturated rings. The molecule has 27 heavy (non-hydrogen) atoms. The van der Waals surface area contributed by atoms with Crippen molar-refractivity contribution in [3.8, 4) is 0 Å². The molecule has 1 aliphatic carbocycles. The summed E-state index contributed by atoms with van der Waals surface area (Å²) in [6.07, 6.45) is 7.09. The molecule has 0 spiro atoms. The van der Waals surface area contributed by atoms with Gasteiger partial charge in [-0.2, -0.15) is 0 Å². The average Bonchev–Trinajstić information content (AvgIpc) is 3.11. The molecule has 3 rings (SSSR count). The molecule has 1 aliphatic rings. The second kappa shape index (κ2) is 10.3. The number of hydrogen-bond acceptors (Lipinski definition) is 4. The lowest BCUT2D eigenvalue weighted by molar-refractivity contribution is 0.0902. The van der Waals surface area contributed by atoms with Crippen molar-refractivity contribution in [2.75, 3.05) is 11.9 Å². The molecule has 146 valence electrons. The van der Waals surface area contributed by atoms with Crippen LogP contribution in [0.15, 0.2) is 48.8 Å². The molecule has 4 N–H and O–H groups in total. The quantitative estimate of drug-likeness (QED) is 0.704. The van der Waals surface area contributed by atoms with Crippen LogP contribution in [-0.4, -0.2) is 28.9 Å². The van der Waals surface area contributed by atoms with Crippen LogP contribution >= 0.6 is 24.8 Å². The molecule has 0 saturated heterocycles. The molecule has 2 aromatic rings. The number of nitrogens with zero attached hydrogens (tertiary/aromatic N) is 1. The minimum atomic E-state index is -0.300. The first-order valence-electron chi connectivity index (χ1n) is 8.46. The third-order valence-electron chi connectivity index (χ3n) is 4.64. The van der Waals surface area contributed by atoms with E-state index in [0.717, 1.165) is 25.7 Å². The van der Waals surface area contributed by atoms with Gasteiger partial charge in [0.25, 0.3) is 11.8 Å². The fourth-order valence-corrected chi connectivity index (χ4v) is 3.18. The van der Waals surface area contributed by atoms with Gasteiger partial charge in [0.15, 0.2) is 0 Å². The topological polar surface area (TPSA) is 97.1 Å². The Morgan fingerprint density at radius 1 is 1.04 bits per heavy atom. The van der Waals surface area contributed by atoms with Crippen molar-refractivity contribution in [2.24, 2.45) is 5.73 Å². The van der Waals surface area contributed by atoms with Gasteiger partial charge in [-0.25, -0.2) is 0 Å². The normalized spacial score (nSPS) is 14.4. The minimum Gasteiger partial charge on any atom is -0.345 e. The molecular formula is C19H24Cl2N4O2. The van der Waals surface area contributed by atoms with Crippen molar-refractivity contribution in [1.29, 1.82) is 0 Å². The molecule has 0 bridgehead atoms. The smallest absolute Gasteiger partial charge is 0.257 e. The summed E-state index contributed by atoms with van der Waals surface area (Å²) in [7, 11) is 0. The summed E-state index contributed by atoms with van der Waals surface area (Å²) in [5, 5.41) is 5.87. The Kier molecular flexibility index (Phi) is 8.69. The van der Waals surface area contributed by atoms with E-state index < -0.39 is 0 Å². The monoisotopic (exact) mass is 410 g/mol. The van der Waals surface area contributed by atoms with E-state index in [4.69, 9.17) is 5.73 Å². The fraction of sp³-hybridized carbons (Fsp3) is 0.316. The van der Waals surface area contributed by atoms with Gasteiger partial charge < -0.3 is 16.4 Å². The standard InChI is InChI=1S/C19H22N4O2.2ClH/c20-13-19(8-1-2-9-19)23-18(25)14-5-3-7-16(11-14)22-17(24)15-6-4-10-21-12-15;;/h3-7,10-12H,1-2,8-9,13,20H2,(H,22,24)(H,23,25);2*1H. The first kappa shape index (κ1) is 22.9. The van der Waals surface area contributed by atoms with Crippen molar-refractivity contribution in [2.45, 2.75) is 31.2 Å². The van der Waals surface area contributed by atoms with E-state index in [1.54, 1.807) is 42.6 Å². The SMILES string of the molecule is Cl.Cl.NCC1(NC(=O)c2cccc(NC(=O)c3cccnc3)c2)CCCC1. The van der Waals surface area contributed by atoms with Crippen LogP contribution in [0.1, 0.15) is 46.4 Å². The summed E-state index contributed by atoms with van der Waals surface area (Å²) in [5.41, 5.74) is 7.11. The Labute approximate surface area is 171 Å². The van der Waals surface area contributed by atoms with Crippen molar-refractivity contribution in [3.05, 3.63) is 59.9 Å². The van der Waals surface area contributed by atoms with Crippen LogP contribution in [-0.2, 0) is 0 Å². The van der Waals surface area contributed by atoms with E-state index >= 15 is 0 Å². The molecular weight excluding hydrogens is 387 g/mol. The fourth-order valence-electron chi connectivity index (χ4n) is 3.18. The number of benzene rings is 1. The zero-order valence-corrected chi connectivity index (χ0v) is 16.4. The lowest BCUT2D eigenvalue weighted by Gasteiger charge is -2.28. The van der Waals surface area contributed by atoms with Gasteiger partial charge in [0.1, 0.15) is 0 Å². The Balaban J connectivity index is 0.00000182. The van der Waals surface area contributed by atoms with Gasteiger partial charge in [-0.05, 0) is 43.2 Å². The van der Waals surface area contributed by atoms with E-state index in [0.29, 0.717) is 23.4 Å². The van der Waals surface area contributed by atoms with E-state index in [2.05, 4.69) is 15.6 Å². The number of rotatable bonds is 5. The van der Waals surface area contributed by atoms with Gasteiger partial charge in [-0.3, -0.25) is 14.6 Å². The maximum atomic E-state index is 12.6. The highest BCUT2D eigenvalue weighted by Crippen LogP contribution is 2.29. The first-order chi connectivity index (χ1) is 12.1.